The zero-order valence-electron chi connectivity index (χ0n) is 9.53. The molecular formula is C13H8Cl2FNO2. The molecule has 3 nitrogen and oxygen atoms in total. The molecular weight excluding hydrogens is 292 g/mol. The monoisotopic (exact) mass is 299 g/mol. The number of nitrogens with zero attached hydrogens (tertiary/aromatic N) is 1. The van der Waals surface area contributed by atoms with Crippen LogP contribution in [0.3, 0.4) is 0 Å². The highest BCUT2D eigenvalue weighted by Gasteiger charge is 2.14. The van der Waals surface area contributed by atoms with Crippen LogP contribution in [0.1, 0.15) is 5.56 Å². The fourth-order valence-electron chi connectivity index (χ4n) is 1.66. The van der Waals surface area contributed by atoms with E-state index in [9.17, 15) is 9.18 Å². The smallest absolute Gasteiger partial charge is 0.307 e. The van der Waals surface area contributed by atoms with Gasteiger partial charge in [0, 0.05) is 17.3 Å². The van der Waals surface area contributed by atoms with Crippen molar-refractivity contribution in [1.29, 1.82) is 0 Å². The van der Waals surface area contributed by atoms with E-state index in [-0.39, 0.29) is 17.0 Å². The molecule has 0 aliphatic rings. The van der Waals surface area contributed by atoms with Crippen molar-refractivity contribution in [2.75, 3.05) is 0 Å². The van der Waals surface area contributed by atoms with E-state index in [1.807, 2.05) is 0 Å². The van der Waals surface area contributed by atoms with E-state index in [1.165, 1.54) is 12.3 Å². The summed E-state index contributed by atoms with van der Waals surface area (Å²) in [6.07, 6.45) is 0.948. The third-order valence-corrected chi connectivity index (χ3v) is 3.31. The number of aliphatic carboxylic acids is 1. The molecule has 2 aromatic rings. The molecule has 0 saturated carbocycles. The number of carboxylic acid groups (broad SMARTS) is 1. The molecule has 0 spiro atoms. The standard InChI is InChI=1S/C13H8Cl2FNO2/c14-10-3-1-2-8(12(10)15)9-4-7(5-11(18)19)6-17-13(9)16/h1-4,6H,5H2,(H,18,19). The van der Waals surface area contributed by atoms with Gasteiger partial charge in [-0.25, -0.2) is 4.98 Å². The summed E-state index contributed by atoms with van der Waals surface area (Å²) in [6, 6.07) is 6.22. The molecule has 0 radical (unpaired) electrons. The van der Waals surface area contributed by atoms with Crippen molar-refractivity contribution >= 4 is 29.2 Å². The predicted octanol–water partition coefficient (Wildman–Crippen LogP) is 3.82. The summed E-state index contributed by atoms with van der Waals surface area (Å²) in [5, 5.41) is 9.23. The Morgan fingerprint density at radius 1 is 1.32 bits per heavy atom. The molecule has 0 bridgehead atoms. The zero-order valence-corrected chi connectivity index (χ0v) is 11.0. The maximum absolute atomic E-state index is 13.7. The molecule has 0 amide bonds. The van der Waals surface area contributed by atoms with Crippen molar-refractivity contribution in [3.05, 3.63) is 52.0 Å². The van der Waals surface area contributed by atoms with Crippen molar-refractivity contribution in [3.8, 4) is 11.1 Å². The topological polar surface area (TPSA) is 50.2 Å². The average molecular weight is 300 g/mol. The van der Waals surface area contributed by atoms with Crippen molar-refractivity contribution in [1.82, 2.24) is 4.98 Å². The van der Waals surface area contributed by atoms with Crippen LogP contribution in [0, 0.1) is 5.95 Å². The lowest BCUT2D eigenvalue weighted by Crippen LogP contribution is -2.02. The second kappa shape index (κ2) is 5.55. The lowest BCUT2D eigenvalue weighted by molar-refractivity contribution is -0.136. The number of carbonyl (C=O) groups is 1. The van der Waals surface area contributed by atoms with Crippen LogP contribution < -0.4 is 0 Å². The number of carboxylic acids is 1. The highest BCUT2D eigenvalue weighted by molar-refractivity contribution is 6.43. The molecule has 1 aromatic carbocycles. The fraction of sp³-hybridized carbons (Fsp3) is 0.0769. The summed E-state index contributed by atoms with van der Waals surface area (Å²) < 4.78 is 13.7. The number of benzene rings is 1. The van der Waals surface area contributed by atoms with Gasteiger partial charge in [-0.15, -0.1) is 0 Å². The Labute approximate surface area is 118 Å². The van der Waals surface area contributed by atoms with Crippen LogP contribution >= 0.6 is 23.2 Å². The van der Waals surface area contributed by atoms with Gasteiger partial charge in [-0.1, -0.05) is 35.3 Å². The highest BCUT2D eigenvalue weighted by atomic mass is 35.5. The minimum atomic E-state index is -1.02. The van der Waals surface area contributed by atoms with Gasteiger partial charge in [-0.05, 0) is 17.7 Å². The minimum Gasteiger partial charge on any atom is -0.481 e. The second-order valence-electron chi connectivity index (χ2n) is 3.85. The summed E-state index contributed by atoms with van der Waals surface area (Å²) in [4.78, 5) is 14.2. The lowest BCUT2D eigenvalue weighted by atomic mass is 10.0. The van der Waals surface area contributed by atoms with E-state index in [0.717, 1.165) is 0 Å². The van der Waals surface area contributed by atoms with Crippen molar-refractivity contribution in [2.45, 2.75) is 6.42 Å². The normalized spacial score (nSPS) is 10.5. The molecule has 0 aliphatic heterocycles. The molecule has 0 unspecified atom stereocenters. The second-order valence-corrected chi connectivity index (χ2v) is 4.64. The van der Waals surface area contributed by atoms with Crippen LogP contribution in [0.25, 0.3) is 11.1 Å². The van der Waals surface area contributed by atoms with Gasteiger partial charge in [-0.2, -0.15) is 4.39 Å². The molecule has 0 fully saturated rings. The van der Waals surface area contributed by atoms with Crippen molar-refractivity contribution in [3.63, 3.8) is 0 Å². The third kappa shape index (κ3) is 3.03. The van der Waals surface area contributed by atoms with Crippen molar-refractivity contribution < 1.29 is 14.3 Å². The first-order chi connectivity index (χ1) is 8.99. The number of hydrogen-bond acceptors (Lipinski definition) is 2. The maximum Gasteiger partial charge on any atom is 0.307 e. The van der Waals surface area contributed by atoms with E-state index >= 15 is 0 Å². The van der Waals surface area contributed by atoms with Gasteiger partial charge >= 0.3 is 5.97 Å². The highest BCUT2D eigenvalue weighted by Crippen LogP contribution is 2.34. The summed E-state index contributed by atoms with van der Waals surface area (Å²) in [5.74, 6) is -1.74. The molecule has 2 rings (SSSR count). The van der Waals surface area contributed by atoms with Gasteiger partial charge in [0.1, 0.15) is 0 Å². The molecule has 6 heteroatoms. The van der Waals surface area contributed by atoms with E-state index in [4.69, 9.17) is 28.3 Å². The molecule has 0 saturated heterocycles. The summed E-state index contributed by atoms with van der Waals surface area (Å²) in [7, 11) is 0. The quantitative estimate of drug-likeness (QED) is 0.877. The van der Waals surface area contributed by atoms with E-state index in [0.29, 0.717) is 16.1 Å². The molecule has 1 aromatic heterocycles. The molecule has 1 N–H and O–H groups in total. The molecule has 0 aliphatic carbocycles. The maximum atomic E-state index is 13.7. The van der Waals surface area contributed by atoms with Crippen LogP contribution in [0.4, 0.5) is 4.39 Å². The minimum absolute atomic E-state index is 0.131. The summed E-state index contributed by atoms with van der Waals surface area (Å²) in [5.41, 5.74) is 0.901. The van der Waals surface area contributed by atoms with Gasteiger partial charge in [0.2, 0.25) is 5.95 Å². The Morgan fingerprint density at radius 3 is 2.74 bits per heavy atom. The molecule has 19 heavy (non-hydrogen) atoms. The molecule has 0 atom stereocenters. The number of rotatable bonds is 3. The van der Waals surface area contributed by atoms with Gasteiger partial charge in [0.05, 0.1) is 16.5 Å². The Kier molecular flexibility index (Phi) is 4.02. The summed E-state index contributed by atoms with van der Waals surface area (Å²) in [6.45, 7) is 0. The SMILES string of the molecule is O=C(O)Cc1cnc(F)c(-c2cccc(Cl)c2Cl)c1. The number of aromatic nitrogens is 1. The Hall–Kier alpha value is -1.65. The Balaban J connectivity index is 2.54. The van der Waals surface area contributed by atoms with Crippen molar-refractivity contribution in [2.24, 2.45) is 0 Å². The number of pyridine rings is 1. The van der Waals surface area contributed by atoms with E-state index in [1.54, 1.807) is 18.2 Å². The van der Waals surface area contributed by atoms with E-state index < -0.39 is 11.9 Å². The Bertz CT molecular complexity index is 647. The van der Waals surface area contributed by atoms with Gasteiger partial charge in [-0.3, -0.25) is 4.79 Å². The zero-order chi connectivity index (χ0) is 14.0. The Morgan fingerprint density at radius 2 is 2.05 bits per heavy atom. The van der Waals surface area contributed by atoms with Crippen LogP contribution in [0.5, 0.6) is 0 Å². The molecule has 1 heterocycles. The average Bonchev–Trinajstić information content (AvgIpc) is 2.35. The van der Waals surface area contributed by atoms with Gasteiger partial charge in [0.15, 0.2) is 0 Å². The number of halogens is 3. The first kappa shape index (κ1) is 13.8. The lowest BCUT2D eigenvalue weighted by Gasteiger charge is -2.08. The molecule has 98 valence electrons. The third-order valence-electron chi connectivity index (χ3n) is 2.49. The van der Waals surface area contributed by atoms with Gasteiger partial charge < -0.3 is 5.11 Å². The largest absolute Gasteiger partial charge is 0.481 e. The first-order valence-corrected chi connectivity index (χ1v) is 6.05. The first-order valence-electron chi connectivity index (χ1n) is 5.29. The predicted molar refractivity (Wildman–Crippen MR) is 71.0 cm³/mol. The van der Waals surface area contributed by atoms with Crippen LogP contribution in [-0.2, 0) is 11.2 Å². The van der Waals surface area contributed by atoms with E-state index in [2.05, 4.69) is 4.98 Å². The summed E-state index contributed by atoms with van der Waals surface area (Å²) >= 11 is 11.9. The number of hydrogen-bond donors (Lipinski definition) is 1. The van der Waals surface area contributed by atoms with Crippen LogP contribution in [0.15, 0.2) is 30.5 Å². The van der Waals surface area contributed by atoms with Gasteiger partial charge in [0.25, 0.3) is 0 Å². The van der Waals surface area contributed by atoms with Crippen LogP contribution in [-0.4, -0.2) is 16.1 Å². The fourth-order valence-corrected chi connectivity index (χ4v) is 2.07. The van der Waals surface area contributed by atoms with Crippen LogP contribution in [0.2, 0.25) is 10.0 Å².